The van der Waals surface area contributed by atoms with Gasteiger partial charge in [0.15, 0.2) is 11.5 Å². The Morgan fingerprint density at radius 3 is 2.43 bits per heavy atom. The molecule has 2 aromatic carbocycles. The molecule has 0 aliphatic heterocycles. The Morgan fingerprint density at radius 2 is 1.83 bits per heavy atom. The van der Waals surface area contributed by atoms with E-state index in [2.05, 4.69) is 16.1 Å². The van der Waals surface area contributed by atoms with Crippen molar-refractivity contribution in [1.82, 2.24) is 0 Å². The van der Waals surface area contributed by atoms with Crippen molar-refractivity contribution in [3.05, 3.63) is 47.5 Å². The molecule has 0 heterocycles. The van der Waals surface area contributed by atoms with Crippen LogP contribution in [0.15, 0.2) is 36.4 Å². The van der Waals surface area contributed by atoms with Gasteiger partial charge in [0.1, 0.15) is 0 Å². The summed E-state index contributed by atoms with van der Waals surface area (Å²) in [6.07, 6.45) is 0. The van der Waals surface area contributed by atoms with Gasteiger partial charge in [0, 0.05) is 5.56 Å². The van der Waals surface area contributed by atoms with E-state index in [1.165, 1.54) is 7.11 Å². The van der Waals surface area contributed by atoms with Gasteiger partial charge in [-0.2, -0.15) is 0 Å². The molecule has 2 aromatic rings. The summed E-state index contributed by atoms with van der Waals surface area (Å²) in [7, 11) is 4.56. The Bertz CT molecular complexity index is 718. The van der Waals surface area contributed by atoms with Gasteiger partial charge >= 0.3 is 5.97 Å². The van der Waals surface area contributed by atoms with Crippen LogP contribution in [-0.4, -0.2) is 27.3 Å². The number of anilines is 2. The number of methoxy groups -OCH3 is 3. The molecule has 0 saturated carbocycles. The van der Waals surface area contributed by atoms with Gasteiger partial charge in [-0.15, -0.1) is 0 Å². The van der Waals surface area contributed by atoms with Crippen LogP contribution in [0.25, 0.3) is 0 Å². The molecule has 0 saturated heterocycles. The highest BCUT2D eigenvalue weighted by molar-refractivity contribution is 9.10. The number of halogens is 1. The summed E-state index contributed by atoms with van der Waals surface area (Å²) >= 11 is 3.54. The van der Waals surface area contributed by atoms with Crippen molar-refractivity contribution < 1.29 is 19.0 Å². The van der Waals surface area contributed by atoms with E-state index in [-0.39, 0.29) is 5.97 Å². The third-order valence-electron chi connectivity index (χ3n) is 3.47. The Kier molecular flexibility index (Phi) is 5.50. The molecule has 122 valence electrons. The van der Waals surface area contributed by atoms with Gasteiger partial charge < -0.3 is 14.2 Å². The molecule has 0 unspecified atom stereocenters. The highest BCUT2D eigenvalue weighted by Crippen LogP contribution is 2.40. The molecule has 0 spiro atoms. The maximum atomic E-state index is 11.7. The molecule has 0 N–H and O–H groups in total. The Labute approximate surface area is 144 Å². The Balaban J connectivity index is 2.45. The molecule has 0 aliphatic rings. The number of ether oxygens (including phenoxy) is 3. The monoisotopic (exact) mass is 379 g/mol. The first-order chi connectivity index (χ1) is 11.0. The third kappa shape index (κ3) is 3.42. The minimum Gasteiger partial charge on any atom is -0.493 e. The summed E-state index contributed by atoms with van der Waals surface area (Å²) in [6, 6.07) is 10.9. The summed E-state index contributed by atoms with van der Waals surface area (Å²) in [4.78, 5) is 11.7. The maximum absolute atomic E-state index is 11.7. The first kappa shape index (κ1) is 17.1. The molecule has 6 heteroatoms. The van der Waals surface area contributed by atoms with Crippen LogP contribution < -0.4 is 13.4 Å². The quantitative estimate of drug-likeness (QED) is 0.574. The second-order valence-corrected chi connectivity index (χ2v) is 5.48. The third-order valence-corrected chi connectivity index (χ3v) is 4.26. The molecule has 5 nitrogen and oxygen atoms in total. The lowest BCUT2D eigenvalue weighted by molar-refractivity contribution is 0.0601. The van der Waals surface area contributed by atoms with Crippen LogP contribution in [-0.2, 0) is 4.74 Å². The summed E-state index contributed by atoms with van der Waals surface area (Å²) < 4.78 is 17.3. The number of hydrogen-bond donors (Lipinski definition) is 0. The van der Waals surface area contributed by atoms with Crippen molar-refractivity contribution in [3.8, 4) is 11.5 Å². The van der Waals surface area contributed by atoms with Crippen molar-refractivity contribution in [1.29, 1.82) is 0 Å². The van der Waals surface area contributed by atoms with Crippen LogP contribution in [0, 0.1) is 6.92 Å². The fourth-order valence-electron chi connectivity index (χ4n) is 2.30. The van der Waals surface area contributed by atoms with Gasteiger partial charge in [0.05, 0.1) is 54.4 Å². The van der Waals surface area contributed by atoms with Crippen molar-refractivity contribution >= 4 is 33.5 Å². The maximum Gasteiger partial charge on any atom is 0.337 e. The fraction of sp³-hybridized carbons (Fsp3) is 0.235. The van der Waals surface area contributed by atoms with E-state index in [1.54, 1.807) is 36.3 Å². The smallest absolute Gasteiger partial charge is 0.337 e. The number of carbonyl (C=O) groups is 1. The molecule has 2 rings (SSSR count). The van der Waals surface area contributed by atoms with Crippen molar-refractivity contribution in [2.24, 2.45) is 0 Å². The van der Waals surface area contributed by atoms with E-state index in [4.69, 9.17) is 14.2 Å². The average molecular weight is 380 g/mol. The number of carbonyl (C=O) groups excluding carboxylic acids is 1. The van der Waals surface area contributed by atoms with E-state index < -0.39 is 0 Å². The molecular weight excluding hydrogens is 362 g/mol. The van der Waals surface area contributed by atoms with E-state index in [0.29, 0.717) is 17.1 Å². The predicted octanol–water partition coefficient (Wildman–Crippen LogP) is 4.25. The second kappa shape index (κ2) is 7.37. The highest BCUT2D eigenvalue weighted by Gasteiger charge is 2.17. The molecule has 0 atom stereocenters. The van der Waals surface area contributed by atoms with Crippen LogP contribution in [0.5, 0.6) is 11.5 Å². The molecule has 0 amide bonds. The zero-order valence-electron chi connectivity index (χ0n) is 13.4. The van der Waals surface area contributed by atoms with Crippen molar-refractivity contribution in [2.75, 3.05) is 25.3 Å². The van der Waals surface area contributed by atoms with E-state index in [1.807, 2.05) is 25.1 Å². The van der Waals surface area contributed by atoms with Crippen LogP contribution in [0.3, 0.4) is 0 Å². The lowest BCUT2D eigenvalue weighted by Crippen LogP contribution is -2.07. The standard InChI is InChI=1S/C17H18BrNO4/c1-11-14(8-9-15(21-2)16(11)22-3)19(18)13-7-5-6-12(10-13)17(20)23-4/h5-10H,1-4H3. The first-order valence-corrected chi connectivity index (χ1v) is 7.60. The van der Waals surface area contributed by atoms with Crippen LogP contribution >= 0.6 is 16.1 Å². The molecule has 0 aliphatic carbocycles. The average Bonchev–Trinajstić information content (AvgIpc) is 2.60. The molecule has 0 bridgehead atoms. The minimum atomic E-state index is -0.378. The zero-order valence-corrected chi connectivity index (χ0v) is 15.0. The lowest BCUT2D eigenvalue weighted by atomic mass is 10.1. The summed E-state index contributed by atoms with van der Waals surface area (Å²) in [6.45, 7) is 1.94. The Morgan fingerprint density at radius 1 is 1.09 bits per heavy atom. The summed E-state index contributed by atoms with van der Waals surface area (Å²) in [5.41, 5.74) is 3.06. The van der Waals surface area contributed by atoms with Gasteiger partial charge in [-0.3, -0.25) is 3.93 Å². The molecular formula is C17H18BrNO4. The number of nitrogens with zero attached hydrogens (tertiary/aromatic N) is 1. The summed E-state index contributed by atoms with van der Waals surface area (Å²) in [5, 5.41) is 0. The second-order valence-electron chi connectivity index (χ2n) is 4.77. The number of rotatable bonds is 5. The molecule has 23 heavy (non-hydrogen) atoms. The van der Waals surface area contributed by atoms with Crippen LogP contribution in [0.2, 0.25) is 0 Å². The minimum absolute atomic E-state index is 0.378. The normalized spacial score (nSPS) is 10.1. The van der Waals surface area contributed by atoms with Gasteiger partial charge in [0.2, 0.25) is 0 Å². The van der Waals surface area contributed by atoms with E-state index in [9.17, 15) is 4.79 Å². The van der Waals surface area contributed by atoms with Crippen molar-refractivity contribution in [2.45, 2.75) is 6.92 Å². The topological polar surface area (TPSA) is 48.0 Å². The highest BCUT2D eigenvalue weighted by atomic mass is 79.9. The number of hydrogen-bond acceptors (Lipinski definition) is 5. The van der Waals surface area contributed by atoms with Gasteiger partial charge in [-0.25, -0.2) is 4.79 Å². The zero-order chi connectivity index (χ0) is 17.0. The van der Waals surface area contributed by atoms with Crippen molar-refractivity contribution in [3.63, 3.8) is 0 Å². The van der Waals surface area contributed by atoms with E-state index >= 15 is 0 Å². The van der Waals surface area contributed by atoms with Crippen LogP contribution in [0.1, 0.15) is 15.9 Å². The molecule has 0 aromatic heterocycles. The Hall–Kier alpha value is -2.21. The number of benzene rings is 2. The van der Waals surface area contributed by atoms with Gasteiger partial charge in [-0.1, -0.05) is 6.07 Å². The van der Waals surface area contributed by atoms with E-state index in [0.717, 1.165) is 16.9 Å². The van der Waals surface area contributed by atoms with Gasteiger partial charge in [-0.05, 0) is 37.3 Å². The molecule has 0 radical (unpaired) electrons. The number of esters is 1. The predicted molar refractivity (Wildman–Crippen MR) is 93.1 cm³/mol. The summed E-state index contributed by atoms with van der Waals surface area (Å²) in [5.74, 6) is 0.952. The first-order valence-electron chi connectivity index (χ1n) is 6.89. The van der Waals surface area contributed by atoms with Crippen LogP contribution in [0.4, 0.5) is 11.4 Å². The van der Waals surface area contributed by atoms with Gasteiger partial charge in [0.25, 0.3) is 0 Å². The fourth-order valence-corrected chi connectivity index (χ4v) is 2.90. The largest absolute Gasteiger partial charge is 0.493 e. The molecule has 0 fully saturated rings. The SMILES string of the molecule is COC(=O)c1cccc(N(Br)c2ccc(OC)c(OC)c2C)c1. The lowest BCUT2D eigenvalue weighted by Gasteiger charge is -2.22.